The van der Waals surface area contributed by atoms with Gasteiger partial charge in [-0.2, -0.15) is 15.0 Å². The van der Waals surface area contributed by atoms with Crippen LogP contribution >= 0.6 is 69.6 Å². The lowest BCUT2D eigenvalue weighted by Gasteiger charge is -2.07. The molecule has 20 rings (SSSR count). The lowest BCUT2D eigenvalue weighted by molar-refractivity contribution is 1.08. The molecule has 16 nitrogen and oxygen atoms in total. The minimum atomic E-state index is 0.258. The monoisotopic (exact) mass is 1500 g/mol. The first kappa shape index (κ1) is 69.3. The average molecular weight is 1500 g/mol. The number of aromatic nitrogens is 16. The average Bonchev–Trinajstić information content (AvgIpc) is 1.64. The molecule has 0 aliphatic carbocycles. The SMILES string of the molecule is Clc1cc2c(ccn2-c2ccccc2)cn1.Clc1ccc2c(ccn2-c2ccccc2)n1.Clc1cnc2c(ccn2-c2ccccc2)n1.Clc1ncc2ccn(-c3ccc(-c4ccccc4)cc3)c2n1.Clc1ncc2ccn(-c3ccc4ccccc4c3)c2n1.Clc1ncc2ccn(-c3ccccc3)c2n1. The molecule has 0 N–H and O–H groups in total. The van der Waals surface area contributed by atoms with E-state index in [1.54, 1.807) is 31.0 Å². The first-order valence-corrected chi connectivity index (χ1v) is 35.4. The van der Waals surface area contributed by atoms with Crippen molar-refractivity contribution < 1.29 is 0 Å². The molecule has 0 saturated carbocycles. The number of nitrogens with zero attached hydrogens (tertiary/aromatic N) is 16. The topological polar surface area (TPSA) is 158 Å². The van der Waals surface area contributed by atoms with Gasteiger partial charge < -0.3 is 22.8 Å². The Bertz CT molecular complexity index is 6140. The van der Waals surface area contributed by atoms with Crippen molar-refractivity contribution in [3.63, 3.8) is 0 Å². The molecule has 0 aliphatic heterocycles. The molecule has 514 valence electrons. The van der Waals surface area contributed by atoms with Crippen LogP contribution < -0.4 is 0 Å². The summed E-state index contributed by atoms with van der Waals surface area (Å²) in [5.41, 5.74) is 16.0. The van der Waals surface area contributed by atoms with E-state index in [0.717, 1.165) is 100 Å². The Hall–Kier alpha value is -12.4. The standard InChI is InChI=1S/C18H12ClN3.C16H10ClN3.2C13H9ClN2.2C12H8ClN3/c19-18-20-12-15-10-11-22(17(15)21-18)16-8-6-14(7-9-16)13-4-2-1-3-5-13;17-16-18-10-13-7-8-20(15(13)19-16)14-6-5-11-3-1-2-4-12(11)9-14;14-13-8-12-10(9-15-13)6-7-16(12)11-4-2-1-3-5-11;14-13-7-6-12-11(15-13)8-9-16(12)10-4-2-1-3-5-10;13-12-14-8-9-6-7-16(11(9)15-12)10-4-2-1-3-5-10;13-11-8-14-12-10(15-11)6-7-16(12)9-4-2-1-3-5-9/h1-12H;1-10H;2*1-9H;2*1-8H. The van der Waals surface area contributed by atoms with Gasteiger partial charge in [0.2, 0.25) is 15.9 Å². The van der Waals surface area contributed by atoms with E-state index in [2.05, 4.69) is 150 Å². The van der Waals surface area contributed by atoms with E-state index in [9.17, 15) is 0 Å². The quantitative estimate of drug-likeness (QED) is 0.111. The van der Waals surface area contributed by atoms with Crippen molar-refractivity contribution in [1.29, 1.82) is 0 Å². The Morgan fingerprint density at radius 1 is 0.208 bits per heavy atom. The van der Waals surface area contributed by atoms with Crippen LogP contribution in [0.1, 0.15) is 0 Å². The maximum atomic E-state index is 5.91. The van der Waals surface area contributed by atoms with Gasteiger partial charge in [0.25, 0.3) is 0 Å². The van der Waals surface area contributed by atoms with E-state index >= 15 is 0 Å². The van der Waals surface area contributed by atoms with Crippen molar-refractivity contribution in [2.75, 3.05) is 0 Å². The molecule has 0 bridgehead atoms. The van der Waals surface area contributed by atoms with Crippen molar-refractivity contribution in [1.82, 2.24) is 77.2 Å². The largest absolute Gasteiger partial charge is 0.316 e. The van der Waals surface area contributed by atoms with Crippen LogP contribution in [0.4, 0.5) is 0 Å². The number of hydrogen-bond donors (Lipinski definition) is 0. The fourth-order valence-electron chi connectivity index (χ4n) is 12.0. The van der Waals surface area contributed by atoms with Crippen molar-refractivity contribution in [3.05, 3.63) is 372 Å². The Morgan fingerprint density at radius 2 is 0.594 bits per heavy atom. The molecule has 0 aliphatic rings. The lowest BCUT2D eigenvalue weighted by atomic mass is 10.1. The van der Waals surface area contributed by atoms with E-state index in [0.29, 0.717) is 15.5 Å². The van der Waals surface area contributed by atoms with Crippen LogP contribution in [0.3, 0.4) is 0 Å². The number of halogens is 6. The molecule has 106 heavy (non-hydrogen) atoms. The van der Waals surface area contributed by atoms with Gasteiger partial charge in [-0.3, -0.25) is 4.57 Å². The minimum Gasteiger partial charge on any atom is -0.316 e. The Balaban J connectivity index is 0.000000102. The first-order chi connectivity index (χ1) is 52.0. The summed E-state index contributed by atoms with van der Waals surface area (Å²) in [5, 5.41) is 8.68. The second-order valence-electron chi connectivity index (χ2n) is 23.7. The van der Waals surface area contributed by atoms with Gasteiger partial charge in [0.15, 0.2) is 5.65 Å². The summed E-state index contributed by atoms with van der Waals surface area (Å²) in [6.45, 7) is 0. The molecule has 0 unspecified atom stereocenters. The third-order valence-electron chi connectivity index (χ3n) is 17.0. The maximum Gasteiger partial charge on any atom is 0.224 e. The van der Waals surface area contributed by atoms with Gasteiger partial charge in [-0.15, -0.1) is 0 Å². The van der Waals surface area contributed by atoms with Crippen LogP contribution in [-0.4, -0.2) is 77.2 Å². The highest BCUT2D eigenvalue weighted by atomic mass is 35.5. The summed E-state index contributed by atoms with van der Waals surface area (Å²) in [7, 11) is 0. The van der Waals surface area contributed by atoms with Crippen LogP contribution in [0.25, 0.3) is 122 Å². The third-order valence-corrected chi connectivity index (χ3v) is 18.2. The number of benzene rings is 8. The van der Waals surface area contributed by atoms with Crippen molar-refractivity contribution in [2.45, 2.75) is 0 Å². The van der Waals surface area contributed by atoms with Gasteiger partial charge in [0.1, 0.15) is 37.9 Å². The van der Waals surface area contributed by atoms with Crippen LogP contribution in [0.5, 0.6) is 0 Å². The van der Waals surface area contributed by atoms with Crippen molar-refractivity contribution >= 4 is 147 Å². The molecule has 0 spiro atoms. The van der Waals surface area contributed by atoms with Gasteiger partial charge in [-0.05, 0) is 178 Å². The van der Waals surface area contributed by atoms with E-state index < -0.39 is 0 Å². The molecule has 12 aromatic heterocycles. The summed E-state index contributed by atoms with van der Waals surface area (Å²) < 4.78 is 12.2. The molecule has 0 radical (unpaired) electrons. The number of hydrogen-bond acceptors (Lipinski definition) is 10. The summed E-state index contributed by atoms with van der Waals surface area (Å²) >= 11 is 35.2. The lowest BCUT2D eigenvalue weighted by Crippen LogP contribution is -1.94. The zero-order valence-corrected chi connectivity index (χ0v) is 60.3. The molecule has 0 amide bonds. The first-order valence-electron chi connectivity index (χ1n) is 33.1. The third kappa shape index (κ3) is 15.9. The molecule has 0 saturated heterocycles. The van der Waals surface area contributed by atoms with E-state index in [1.165, 1.54) is 21.9 Å². The maximum absolute atomic E-state index is 5.91. The summed E-state index contributed by atoms with van der Waals surface area (Å²) in [6.07, 6.45) is 20.4. The van der Waals surface area contributed by atoms with Crippen molar-refractivity contribution in [2.24, 2.45) is 0 Å². The number of fused-ring (bicyclic) bond motifs is 7. The number of rotatable bonds is 7. The zero-order valence-electron chi connectivity index (χ0n) is 55.8. The second-order valence-corrected chi connectivity index (χ2v) is 25.8. The van der Waals surface area contributed by atoms with Crippen LogP contribution in [-0.2, 0) is 0 Å². The number of para-hydroxylation sites is 4. The molecule has 20 aromatic rings. The van der Waals surface area contributed by atoms with Crippen LogP contribution in [0, 0.1) is 0 Å². The van der Waals surface area contributed by atoms with Crippen LogP contribution in [0.2, 0.25) is 31.3 Å². The Morgan fingerprint density at radius 3 is 1.14 bits per heavy atom. The molecule has 0 fully saturated rings. The van der Waals surface area contributed by atoms with Gasteiger partial charge in [-0.25, -0.2) is 34.9 Å². The number of pyridine rings is 2. The summed E-state index contributed by atoms with van der Waals surface area (Å²) in [6, 6.07) is 91.2. The zero-order chi connectivity index (χ0) is 72.3. The summed E-state index contributed by atoms with van der Waals surface area (Å²) in [5.74, 6) is 0. The summed E-state index contributed by atoms with van der Waals surface area (Å²) in [4.78, 5) is 41.6. The minimum absolute atomic E-state index is 0.258. The molecule has 8 aromatic carbocycles. The normalized spacial score (nSPS) is 10.9. The van der Waals surface area contributed by atoms with Crippen LogP contribution in [0.15, 0.2) is 341 Å². The van der Waals surface area contributed by atoms with E-state index in [-0.39, 0.29) is 15.9 Å². The fourth-order valence-corrected chi connectivity index (χ4v) is 12.8. The van der Waals surface area contributed by atoms with Gasteiger partial charge in [0.05, 0.1) is 22.7 Å². The Kier molecular flexibility index (Phi) is 21.0. The molecule has 22 heteroatoms. The molecule has 0 atom stereocenters. The highest BCUT2D eigenvalue weighted by Gasteiger charge is 2.12. The molecule has 12 heterocycles. The fraction of sp³-hybridized carbons (Fsp3) is 0. The highest BCUT2D eigenvalue weighted by molar-refractivity contribution is 6.31. The van der Waals surface area contributed by atoms with E-state index in [4.69, 9.17) is 69.6 Å². The smallest absolute Gasteiger partial charge is 0.224 e. The van der Waals surface area contributed by atoms with Gasteiger partial charge in [-0.1, -0.05) is 180 Å². The van der Waals surface area contributed by atoms with E-state index in [1.807, 2.05) is 237 Å². The van der Waals surface area contributed by atoms with Gasteiger partial charge >= 0.3 is 0 Å². The predicted octanol–water partition coefficient (Wildman–Crippen LogP) is 22.5. The second kappa shape index (κ2) is 32.1. The Labute approximate surface area is 636 Å². The van der Waals surface area contributed by atoms with Crippen molar-refractivity contribution in [3.8, 4) is 45.3 Å². The predicted molar refractivity (Wildman–Crippen MR) is 431 cm³/mol. The highest BCUT2D eigenvalue weighted by Crippen LogP contribution is 2.29. The molecular weight excluding hydrogens is 1450 g/mol. The molecular formula is C84H56Cl6N16. The van der Waals surface area contributed by atoms with Gasteiger partial charge in [0, 0.05) is 124 Å².